The quantitative estimate of drug-likeness (QED) is 0.739. The van der Waals surface area contributed by atoms with Gasteiger partial charge < -0.3 is 9.51 Å². The number of thiophene rings is 1. The Labute approximate surface area is 113 Å². The molecule has 4 rings (SSSR count). The van der Waals surface area contributed by atoms with Gasteiger partial charge in [-0.15, -0.1) is 11.3 Å². The third-order valence-corrected chi connectivity index (χ3v) is 4.53. The van der Waals surface area contributed by atoms with Crippen LogP contribution in [0.1, 0.15) is 20.9 Å². The molecule has 5 heteroatoms. The number of aromatic carboxylic acids is 1. The van der Waals surface area contributed by atoms with E-state index in [2.05, 4.69) is 16.4 Å². The number of aromatic nitrogens is 2. The first-order chi connectivity index (χ1) is 9.24. The molecule has 94 valence electrons. The minimum atomic E-state index is -0.906. The van der Waals surface area contributed by atoms with Crippen molar-refractivity contribution in [3.63, 3.8) is 0 Å². The minimum absolute atomic E-state index is 0.295. The third kappa shape index (κ3) is 1.45. The Morgan fingerprint density at radius 1 is 1.32 bits per heavy atom. The van der Waals surface area contributed by atoms with Crippen LogP contribution in [-0.4, -0.2) is 20.5 Å². The van der Waals surface area contributed by atoms with Crippen LogP contribution in [0.2, 0.25) is 0 Å². The molecule has 4 nitrogen and oxygen atoms in total. The Kier molecular flexibility index (Phi) is 2.08. The Balaban J connectivity index is 2.03. The number of hydrogen-bond donors (Lipinski definition) is 1. The van der Waals surface area contributed by atoms with Gasteiger partial charge in [0.15, 0.2) is 0 Å². The molecule has 3 heterocycles. The van der Waals surface area contributed by atoms with Gasteiger partial charge in [-0.2, -0.15) is 0 Å². The number of pyridine rings is 1. The molecular formula is C14H10N2O2S. The van der Waals surface area contributed by atoms with Crippen molar-refractivity contribution in [2.24, 2.45) is 0 Å². The molecule has 0 saturated heterocycles. The highest BCUT2D eigenvalue weighted by Crippen LogP contribution is 2.36. The summed E-state index contributed by atoms with van der Waals surface area (Å²) < 4.78 is 1.92. The van der Waals surface area contributed by atoms with E-state index in [9.17, 15) is 4.79 Å². The Bertz CT molecular complexity index is 816. The monoisotopic (exact) mass is 270 g/mol. The van der Waals surface area contributed by atoms with Crippen molar-refractivity contribution in [3.8, 4) is 11.3 Å². The predicted octanol–water partition coefficient (Wildman–Crippen LogP) is 2.86. The number of hydrogen-bond acceptors (Lipinski definition) is 3. The van der Waals surface area contributed by atoms with Crippen molar-refractivity contribution in [2.75, 3.05) is 0 Å². The highest BCUT2D eigenvalue weighted by molar-refractivity contribution is 7.10. The lowest BCUT2D eigenvalue weighted by Gasteiger charge is -2.11. The van der Waals surface area contributed by atoms with Gasteiger partial charge in [0.05, 0.1) is 17.0 Å². The second kappa shape index (κ2) is 3.68. The summed E-state index contributed by atoms with van der Waals surface area (Å²) in [6.07, 6.45) is 3.58. The zero-order valence-corrected chi connectivity index (χ0v) is 10.8. The van der Waals surface area contributed by atoms with E-state index < -0.39 is 5.97 Å². The fourth-order valence-corrected chi connectivity index (χ4v) is 3.53. The lowest BCUT2D eigenvalue weighted by molar-refractivity contribution is 0.0696. The molecule has 0 aliphatic heterocycles. The number of rotatable bonds is 1. The third-order valence-electron chi connectivity index (χ3n) is 3.55. The maximum atomic E-state index is 11.1. The van der Waals surface area contributed by atoms with Crippen LogP contribution in [0.3, 0.4) is 0 Å². The second-order valence-corrected chi connectivity index (χ2v) is 5.62. The van der Waals surface area contributed by atoms with Crippen molar-refractivity contribution in [3.05, 3.63) is 45.9 Å². The fraction of sp³-hybridized carbons (Fsp3) is 0.143. The fourth-order valence-electron chi connectivity index (χ4n) is 2.65. The number of imidazole rings is 1. The predicted molar refractivity (Wildman–Crippen MR) is 72.9 cm³/mol. The summed E-state index contributed by atoms with van der Waals surface area (Å²) in [6, 6.07) is 5.47. The minimum Gasteiger partial charge on any atom is -0.478 e. The average molecular weight is 270 g/mol. The molecule has 1 N–H and O–H groups in total. The molecule has 19 heavy (non-hydrogen) atoms. The highest BCUT2D eigenvalue weighted by Gasteiger charge is 2.22. The molecule has 0 saturated carbocycles. The zero-order valence-electron chi connectivity index (χ0n) is 9.96. The first-order valence-corrected chi connectivity index (χ1v) is 6.93. The molecular weight excluding hydrogens is 260 g/mol. The van der Waals surface area contributed by atoms with Crippen LogP contribution in [0, 0.1) is 0 Å². The SMILES string of the molecule is O=C(O)c1ccc2nc3c(n2c1)CCc1sccc1-3. The standard InChI is InChI=1S/C14H10N2O2S/c17-14(18)8-1-4-12-15-13-9-5-6-19-11(9)3-2-10(13)16(12)7-8/h1,4-7H,2-3H2,(H,17,18). The first-order valence-electron chi connectivity index (χ1n) is 6.05. The van der Waals surface area contributed by atoms with Gasteiger partial charge in [0.25, 0.3) is 0 Å². The van der Waals surface area contributed by atoms with E-state index in [1.54, 1.807) is 29.7 Å². The molecule has 1 aliphatic rings. The van der Waals surface area contributed by atoms with Gasteiger partial charge in [-0.05, 0) is 36.4 Å². The smallest absolute Gasteiger partial charge is 0.337 e. The van der Waals surface area contributed by atoms with E-state index in [1.807, 2.05) is 4.40 Å². The van der Waals surface area contributed by atoms with Crippen LogP contribution < -0.4 is 0 Å². The molecule has 3 aromatic rings. The van der Waals surface area contributed by atoms with Gasteiger partial charge in [0.1, 0.15) is 5.65 Å². The lowest BCUT2D eigenvalue weighted by atomic mass is 10.0. The Morgan fingerprint density at radius 3 is 3.05 bits per heavy atom. The molecule has 0 aromatic carbocycles. The normalized spacial score (nSPS) is 13.3. The largest absolute Gasteiger partial charge is 0.478 e. The van der Waals surface area contributed by atoms with Crippen molar-refractivity contribution in [1.29, 1.82) is 0 Å². The molecule has 0 amide bonds. The van der Waals surface area contributed by atoms with Crippen LogP contribution in [0.25, 0.3) is 16.9 Å². The molecule has 0 atom stereocenters. The number of carboxylic acids is 1. The number of aryl methyl sites for hydroxylation is 2. The summed E-state index contributed by atoms with van der Waals surface area (Å²) in [5.41, 5.74) is 4.43. The van der Waals surface area contributed by atoms with E-state index in [1.165, 1.54) is 10.4 Å². The second-order valence-electron chi connectivity index (χ2n) is 4.62. The van der Waals surface area contributed by atoms with Gasteiger partial charge in [-0.3, -0.25) is 0 Å². The van der Waals surface area contributed by atoms with Crippen molar-refractivity contribution in [1.82, 2.24) is 9.38 Å². The van der Waals surface area contributed by atoms with E-state index in [0.29, 0.717) is 5.56 Å². The zero-order chi connectivity index (χ0) is 13.0. The average Bonchev–Trinajstić information content (AvgIpc) is 3.01. The molecule has 0 bridgehead atoms. The topological polar surface area (TPSA) is 54.6 Å². The van der Waals surface area contributed by atoms with Gasteiger partial charge >= 0.3 is 5.97 Å². The highest BCUT2D eigenvalue weighted by atomic mass is 32.1. The molecule has 0 radical (unpaired) electrons. The summed E-state index contributed by atoms with van der Waals surface area (Å²) in [5, 5.41) is 11.2. The number of nitrogens with zero attached hydrogens (tertiary/aromatic N) is 2. The molecule has 3 aromatic heterocycles. The number of fused-ring (bicyclic) bond motifs is 5. The number of carboxylic acid groups (broad SMARTS) is 1. The molecule has 0 spiro atoms. The maximum absolute atomic E-state index is 11.1. The van der Waals surface area contributed by atoms with Crippen molar-refractivity contribution >= 4 is 23.0 Å². The van der Waals surface area contributed by atoms with Gasteiger partial charge in [0, 0.05) is 16.6 Å². The summed E-state index contributed by atoms with van der Waals surface area (Å²) in [5.74, 6) is -0.906. The Hall–Kier alpha value is -2.14. The lowest BCUT2D eigenvalue weighted by Crippen LogP contribution is -2.04. The molecule has 0 fully saturated rings. The summed E-state index contributed by atoms with van der Waals surface area (Å²) in [4.78, 5) is 17.1. The van der Waals surface area contributed by atoms with Gasteiger partial charge in [0.2, 0.25) is 0 Å². The van der Waals surface area contributed by atoms with Crippen molar-refractivity contribution in [2.45, 2.75) is 12.8 Å². The first kappa shape index (κ1) is 10.8. The van der Waals surface area contributed by atoms with E-state index in [0.717, 1.165) is 29.9 Å². The number of carbonyl (C=O) groups is 1. The van der Waals surface area contributed by atoms with Crippen LogP contribution >= 0.6 is 11.3 Å². The van der Waals surface area contributed by atoms with Crippen LogP contribution in [0.4, 0.5) is 0 Å². The summed E-state index contributed by atoms with van der Waals surface area (Å²) in [7, 11) is 0. The maximum Gasteiger partial charge on any atom is 0.337 e. The van der Waals surface area contributed by atoms with Crippen LogP contribution in [-0.2, 0) is 12.8 Å². The van der Waals surface area contributed by atoms with E-state index in [4.69, 9.17) is 5.11 Å². The van der Waals surface area contributed by atoms with Gasteiger partial charge in [-0.25, -0.2) is 9.78 Å². The van der Waals surface area contributed by atoms with Crippen molar-refractivity contribution < 1.29 is 9.90 Å². The Morgan fingerprint density at radius 2 is 2.21 bits per heavy atom. The summed E-state index contributed by atoms with van der Waals surface area (Å²) >= 11 is 1.76. The van der Waals surface area contributed by atoms with Gasteiger partial charge in [-0.1, -0.05) is 0 Å². The molecule has 1 aliphatic carbocycles. The van der Waals surface area contributed by atoms with E-state index in [-0.39, 0.29) is 0 Å². The van der Waals surface area contributed by atoms with E-state index >= 15 is 0 Å². The van der Waals surface area contributed by atoms with Crippen LogP contribution in [0.15, 0.2) is 29.8 Å². The summed E-state index contributed by atoms with van der Waals surface area (Å²) in [6.45, 7) is 0. The van der Waals surface area contributed by atoms with Crippen LogP contribution in [0.5, 0.6) is 0 Å². The molecule has 0 unspecified atom stereocenters.